The zero-order valence-corrected chi connectivity index (χ0v) is 10.5. The third kappa shape index (κ3) is 4.70. The van der Waals surface area contributed by atoms with Gasteiger partial charge in [0, 0.05) is 6.04 Å². The smallest absolute Gasteiger partial charge is 0.00700 e. The van der Waals surface area contributed by atoms with Gasteiger partial charge in [-0.25, -0.2) is 0 Å². The molecule has 2 heteroatoms. The molecular weight excluding hydrogens is 190 g/mol. The number of nitrogens with one attached hydrogen (secondary N) is 1. The van der Waals surface area contributed by atoms with Gasteiger partial charge in [-0.1, -0.05) is 20.3 Å². The molecule has 1 nitrogen and oxygen atoms in total. The summed E-state index contributed by atoms with van der Waals surface area (Å²) in [4.78, 5) is 0. The zero-order chi connectivity index (χ0) is 10.2. The first kappa shape index (κ1) is 12.4. The Balaban J connectivity index is 2.05. The lowest BCUT2D eigenvalue weighted by atomic mass is 9.89. The maximum absolute atomic E-state index is 3.65. The van der Waals surface area contributed by atoms with E-state index in [1.165, 1.54) is 50.2 Å². The van der Waals surface area contributed by atoms with Gasteiger partial charge in [-0.15, -0.1) is 0 Å². The second kappa shape index (κ2) is 7.58. The van der Waals surface area contributed by atoms with Crippen molar-refractivity contribution in [2.24, 2.45) is 5.92 Å². The lowest BCUT2D eigenvalue weighted by Crippen LogP contribution is -2.37. The van der Waals surface area contributed by atoms with Crippen LogP contribution in [0, 0.1) is 5.92 Å². The summed E-state index contributed by atoms with van der Waals surface area (Å²) in [5.41, 5.74) is 0. The molecule has 84 valence electrons. The standard InChI is InChI=1S/C12H25NS/c1-3-11-7-8-13-12(10-11)6-5-9-14-4-2/h11-13H,3-10H2,1-2H3. The Morgan fingerprint density at radius 2 is 2.21 bits per heavy atom. The van der Waals surface area contributed by atoms with Crippen LogP contribution in [0.4, 0.5) is 0 Å². The molecular formula is C12H25NS. The molecule has 0 aromatic rings. The van der Waals surface area contributed by atoms with Gasteiger partial charge in [0.2, 0.25) is 0 Å². The molecule has 0 amide bonds. The van der Waals surface area contributed by atoms with Gasteiger partial charge in [0.1, 0.15) is 0 Å². The van der Waals surface area contributed by atoms with E-state index >= 15 is 0 Å². The SMILES string of the molecule is CCSCCCC1CC(CC)CCN1. The molecule has 0 aromatic heterocycles. The minimum atomic E-state index is 0.825. The Kier molecular flexibility index (Phi) is 6.70. The first-order valence-electron chi connectivity index (χ1n) is 6.18. The van der Waals surface area contributed by atoms with E-state index in [0.29, 0.717) is 0 Å². The van der Waals surface area contributed by atoms with Gasteiger partial charge in [-0.05, 0) is 49.7 Å². The maximum atomic E-state index is 3.65. The fourth-order valence-electron chi connectivity index (χ4n) is 2.26. The van der Waals surface area contributed by atoms with Gasteiger partial charge >= 0.3 is 0 Å². The van der Waals surface area contributed by atoms with E-state index in [2.05, 4.69) is 30.9 Å². The molecule has 1 saturated heterocycles. The average Bonchev–Trinajstić information content (AvgIpc) is 2.25. The second-order valence-corrected chi connectivity index (χ2v) is 5.68. The van der Waals surface area contributed by atoms with E-state index in [0.717, 1.165) is 12.0 Å². The van der Waals surface area contributed by atoms with Crippen molar-refractivity contribution >= 4 is 11.8 Å². The maximum Gasteiger partial charge on any atom is 0.00700 e. The number of hydrogen-bond acceptors (Lipinski definition) is 2. The van der Waals surface area contributed by atoms with Crippen LogP contribution in [0.15, 0.2) is 0 Å². The summed E-state index contributed by atoms with van der Waals surface area (Å²) in [6.45, 7) is 5.83. The fraction of sp³-hybridized carbons (Fsp3) is 1.00. The summed E-state index contributed by atoms with van der Waals surface area (Å²) in [5, 5.41) is 3.65. The van der Waals surface area contributed by atoms with Crippen LogP contribution < -0.4 is 5.32 Å². The molecule has 0 aliphatic carbocycles. The molecule has 0 spiro atoms. The van der Waals surface area contributed by atoms with E-state index in [-0.39, 0.29) is 0 Å². The minimum Gasteiger partial charge on any atom is -0.314 e. The summed E-state index contributed by atoms with van der Waals surface area (Å²) in [5.74, 6) is 3.63. The highest BCUT2D eigenvalue weighted by Gasteiger charge is 2.19. The Bertz CT molecular complexity index is 138. The summed E-state index contributed by atoms with van der Waals surface area (Å²) < 4.78 is 0. The molecule has 0 aromatic carbocycles. The number of rotatable bonds is 6. The monoisotopic (exact) mass is 215 g/mol. The summed E-state index contributed by atoms with van der Waals surface area (Å²) in [6.07, 6.45) is 6.99. The van der Waals surface area contributed by atoms with Gasteiger partial charge in [-0.3, -0.25) is 0 Å². The Hall–Kier alpha value is 0.310. The number of piperidine rings is 1. The number of thioether (sulfide) groups is 1. The Labute approximate surface area is 93.4 Å². The molecule has 0 saturated carbocycles. The highest BCUT2D eigenvalue weighted by atomic mass is 32.2. The van der Waals surface area contributed by atoms with Crippen LogP contribution in [-0.2, 0) is 0 Å². The zero-order valence-electron chi connectivity index (χ0n) is 9.72. The van der Waals surface area contributed by atoms with E-state index < -0.39 is 0 Å². The summed E-state index contributed by atoms with van der Waals surface area (Å²) in [7, 11) is 0. The van der Waals surface area contributed by atoms with Gasteiger partial charge in [0.05, 0.1) is 0 Å². The van der Waals surface area contributed by atoms with Crippen LogP contribution in [-0.4, -0.2) is 24.1 Å². The lowest BCUT2D eigenvalue weighted by molar-refractivity contribution is 0.284. The first-order chi connectivity index (χ1) is 6.86. The molecule has 1 aliphatic heterocycles. The van der Waals surface area contributed by atoms with Crippen LogP contribution in [0.3, 0.4) is 0 Å². The van der Waals surface area contributed by atoms with Crippen LogP contribution >= 0.6 is 11.8 Å². The third-order valence-electron chi connectivity index (χ3n) is 3.23. The molecule has 1 heterocycles. The highest BCUT2D eigenvalue weighted by Crippen LogP contribution is 2.22. The molecule has 0 bridgehead atoms. The highest BCUT2D eigenvalue weighted by molar-refractivity contribution is 7.99. The van der Waals surface area contributed by atoms with Crippen molar-refractivity contribution in [3.05, 3.63) is 0 Å². The van der Waals surface area contributed by atoms with Crippen LogP contribution in [0.25, 0.3) is 0 Å². The van der Waals surface area contributed by atoms with Crippen molar-refractivity contribution in [2.75, 3.05) is 18.1 Å². The van der Waals surface area contributed by atoms with E-state index in [9.17, 15) is 0 Å². The van der Waals surface area contributed by atoms with Crippen molar-refractivity contribution in [2.45, 2.75) is 52.0 Å². The van der Waals surface area contributed by atoms with Crippen molar-refractivity contribution in [1.82, 2.24) is 5.32 Å². The van der Waals surface area contributed by atoms with Crippen LogP contribution in [0.5, 0.6) is 0 Å². The molecule has 1 N–H and O–H groups in total. The van der Waals surface area contributed by atoms with Gasteiger partial charge in [0.15, 0.2) is 0 Å². The third-order valence-corrected chi connectivity index (χ3v) is 4.21. The summed E-state index contributed by atoms with van der Waals surface area (Å²) in [6, 6.07) is 0.825. The Morgan fingerprint density at radius 1 is 1.36 bits per heavy atom. The normalized spacial score (nSPS) is 27.9. The van der Waals surface area contributed by atoms with E-state index in [1.54, 1.807) is 0 Å². The molecule has 14 heavy (non-hydrogen) atoms. The fourth-order valence-corrected chi connectivity index (χ4v) is 2.92. The first-order valence-corrected chi connectivity index (χ1v) is 7.33. The molecule has 1 fully saturated rings. The molecule has 2 atom stereocenters. The van der Waals surface area contributed by atoms with Crippen molar-refractivity contribution < 1.29 is 0 Å². The molecule has 1 rings (SSSR count). The largest absolute Gasteiger partial charge is 0.314 e. The molecule has 2 unspecified atom stereocenters. The Morgan fingerprint density at radius 3 is 2.93 bits per heavy atom. The van der Waals surface area contributed by atoms with Crippen molar-refractivity contribution in [3.8, 4) is 0 Å². The molecule has 1 aliphatic rings. The van der Waals surface area contributed by atoms with Crippen molar-refractivity contribution in [1.29, 1.82) is 0 Å². The van der Waals surface area contributed by atoms with Gasteiger partial charge in [0.25, 0.3) is 0 Å². The minimum absolute atomic E-state index is 0.825. The second-order valence-electron chi connectivity index (χ2n) is 4.29. The van der Waals surface area contributed by atoms with Crippen molar-refractivity contribution in [3.63, 3.8) is 0 Å². The van der Waals surface area contributed by atoms with Gasteiger partial charge in [-0.2, -0.15) is 11.8 Å². The topological polar surface area (TPSA) is 12.0 Å². The lowest BCUT2D eigenvalue weighted by Gasteiger charge is -2.29. The van der Waals surface area contributed by atoms with E-state index in [4.69, 9.17) is 0 Å². The average molecular weight is 215 g/mol. The quantitative estimate of drug-likeness (QED) is 0.682. The van der Waals surface area contributed by atoms with Crippen LogP contribution in [0.1, 0.15) is 46.0 Å². The van der Waals surface area contributed by atoms with E-state index in [1.807, 2.05) is 0 Å². The number of hydrogen-bond donors (Lipinski definition) is 1. The predicted octanol–water partition coefficient (Wildman–Crippen LogP) is 3.30. The predicted molar refractivity (Wildman–Crippen MR) is 67.0 cm³/mol. The molecule has 0 radical (unpaired) electrons. The summed E-state index contributed by atoms with van der Waals surface area (Å²) >= 11 is 2.08. The van der Waals surface area contributed by atoms with Gasteiger partial charge < -0.3 is 5.32 Å². The van der Waals surface area contributed by atoms with Crippen LogP contribution in [0.2, 0.25) is 0 Å².